The van der Waals surface area contributed by atoms with Crippen LogP contribution < -0.4 is 4.31 Å². The zero-order valence-electron chi connectivity index (χ0n) is 17.2. The fraction of sp³-hybridized carbons (Fsp3) is 0.333. The summed E-state index contributed by atoms with van der Waals surface area (Å²) in [6.07, 6.45) is 0.575. The van der Waals surface area contributed by atoms with Gasteiger partial charge in [-0.2, -0.15) is 8.42 Å². The van der Waals surface area contributed by atoms with Crippen molar-refractivity contribution in [3.05, 3.63) is 59.7 Å². The van der Waals surface area contributed by atoms with Gasteiger partial charge in [0, 0.05) is 43.9 Å². The van der Waals surface area contributed by atoms with Gasteiger partial charge < -0.3 is 9.80 Å². The number of hydrogen-bond acceptors (Lipinski definition) is 6. The molecule has 0 atom stereocenters. The van der Waals surface area contributed by atoms with Crippen LogP contribution in [-0.4, -0.2) is 76.9 Å². The fourth-order valence-electron chi connectivity index (χ4n) is 4.34. The predicted octanol–water partition coefficient (Wildman–Crippen LogP) is 1.13. The van der Waals surface area contributed by atoms with Gasteiger partial charge in [0.2, 0.25) is 10.0 Å². The summed E-state index contributed by atoms with van der Waals surface area (Å²) in [6.45, 7) is 2.15. The first-order valence-electron chi connectivity index (χ1n) is 10.4. The number of carbonyl (C=O) groups is 1. The van der Waals surface area contributed by atoms with Crippen molar-refractivity contribution in [1.82, 2.24) is 9.80 Å². The van der Waals surface area contributed by atoms with Crippen LogP contribution in [0, 0.1) is 0 Å². The highest BCUT2D eigenvalue weighted by molar-refractivity contribution is 7.93. The van der Waals surface area contributed by atoms with Gasteiger partial charge in [-0.05, 0) is 36.8 Å². The van der Waals surface area contributed by atoms with Crippen LogP contribution in [0.2, 0.25) is 0 Å². The summed E-state index contributed by atoms with van der Waals surface area (Å²) in [5.41, 5.74) is 1.53. The first-order valence-corrected chi connectivity index (χ1v) is 13.4. The van der Waals surface area contributed by atoms with Crippen molar-refractivity contribution in [1.29, 1.82) is 0 Å². The highest BCUT2D eigenvalue weighted by Crippen LogP contribution is 2.28. The number of carbonyl (C=O) groups excluding carboxylic acids is 1. The van der Waals surface area contributed by atoms with E-state index in [4.69, 9.17) is 0 Å². The monoisotopic (exact) mass is 474 g/mol. The van der Waals surface area contributed by atoms with E-state index < -0.39 is 20.0 Å². The Kier molecular flexibility index (Phi) is 4.97. The molecule has 0 spiro atoms. The molecule has 0 aliphatic carbocycles. The van der Waals surface area contributed by atoms with E-state index in [1.54, 1.807) is 53.4 Å². The molecule has 3 heterocycles. The lowest BCUT2D eigenvalue weighted by molar-refractivity contribution is 0.0692. The quantitative estimate of drug-likeness (QED) is 0.646. The standard InChI is InChI=1S/C21H22N4O5S2/c26-21(16-5-3-6-17(15-16)25-9-4-14-31(25,27)28)24-12-10-23(11-13-24)20-18-7-1-2-8-19(18)32(29,30)22-20/h1-3,5-8,15H,4,9-14H2. The number of fused-ring (bicyclic) bond motifs is 1. The van der Waals surface area contributed by atoms with Crippen molar-refractivity contribution in [2.24, 2.45) is 4.40 Å². The van der Waals surface area contributed by atoms with E-state index >= 15 is 0 Å². The molecule has 0 saturated carbocycles. The molecule has 2 saturated heterocycles. The Morgan fingerprint density at radius 2 is 1.62 bits per heavy atom. The topological polar surface area (TPSA) is 107 Å². The van der Waals surface area contributed by atoms with Crippen molar-refractivity contribution < 1.29 is 21.6 Å². The van der Waals surface area contributed by atoms with Crippen molar-refractivity contribution >= 4 is 37.5 Å². The Morgan fingerprint density at radius 3 is 2.34 bits per heavy atom. The van der Waals surface area contributed by atoms with Crippen LogP contribution in [0.25, 0.3) is 0 Å². The summed E-state index contributed by atoms with van der Waals surface area (Å²) in [5, 5.41) is 0. The third-order valence-corrected chi connectivity index (χ3v) is 9.15. The van der Waals surface area contributed by atoms with E-state index in [1.165, 1.54) is 4.31 Å². The Hall–Kier alpha value is -2.92. The zero-order valence-corrected chi connectivity index (χ0v) is 18.8. The number of nitrogens with zero attached hydrogens (tertiary/aromatic N) is 4. The predicted molar refractivity (Wildman–Crippen MR) is 120 cm³/mol. The van der Waals surface area contributed by atoms with E-state index in [1.807, 2.05) is 4.90 Å². The molecule has 0 unspecified atom stereocenters. The third kappa shape index (κ3) is 3.55. The van der Waals surface area contributed by atoms with Gasteiger partial charge in [0.05, 0.1) is 11.4 Å². The minimum absolute atomic E-state index is 0.121. The van der Waals surface area contributed by atoms with Gasteiger partial charge >= 0.3 is 0 Å². The fourth-order valence-corrected chi connectivity index (χ4v) is 7.13. The summed E-state index contributed by atoms with van der Waals surface area (Å²) in [7, 11) is -7.01. The number of sulfonamides is 2. The molecule has 3 aliphatic rings. The molecule has 11 heteroatoms. The van der Waals surface area contributed by atoms with Crippen LogP contribution >= 0.6 is 0 Å². The van der Waals surface area contributed by atoms with Crippen molar-refractivity contribution in [3.63, 3.8) is 0 Å². The smallest absolute Gasteiger partial charge is 0.285 e. The third-order valence-electron chi connectivity index (χ3n) is 5.96. The molecule has 1 amide bonds. The average molecular weight is 475 g/mol. The lowest BCUT2D eigenvalue weighted by Crippen LogP contribution is -2.50. The van der Waals surface area contributed by atoms with Crippen molar-refractivity contribution in [3.8, 4) is 0 Å². The molecule has 2 fully saturated rings. The SMILES string of the molecule is O=C(c1cccc(N2CCCS2(=O)=O)c1)N1CCN(C2=NS(=O)(=O)c3ccccc32)CC1. The lowest BCUT2D eigenvalue weighted by Gasteiger charge is -2.36. The molecule has 0 bridgehead atoms. The normalized spacial score (nSPS) is 21.4. The Bertz CT molecular complexity index is 1330. The van der Waals surface area contributed by atoms with Gasteiger partial charge in [-0.3, -0.25) is 9.10 Å². The number of piperazine rings is 1. The second-order valence-corrected chi connectivity index (χ2v) is 11.5. The molecule has 0 aromatic heterocycles. The number of amides is 1. The minimum Gasteiger partial charge on any atom is -0.352 e. The molecule has 168 valence electrons. The van der Waals surface area contributed by atoms with Gasteiger partial charge in [0.25, 0.3) is 15.9 Å². The van der Waals surface area contributed by atoms with Gasteiger partial charge in [-0.25, -0.2) is 8.42 Å². The number of hydrogen-bond donors (Lipinski definition) is 0. The molecular formula is C21H22N4O5S2. The van der Waals surface area contributed by atoms with Crippen LogP contribution in [0.5, 0.6) is 0 Å². The van der Waals surface area contributed by atoms with Gasteiger partial charge in [0.15, 0.2) is 5.84 Å². The maximum Gasteiger partial charge on any atom is 0.285 e. The maximum atomic E-state index is 13.1. The summed E-state index contributed by atoms with van der Waals surface area (Å²) >= 11 is 0. The van der Waals surface area contributed by atoms with E-state index in [0.717, 1.165) is 0 Å². The summed E-state index contributed by atoms with van der Waals surface area (Å²) < 4.78 is 54.4. The largest absolute Gasteiger partial charge is 0.352 e. The van der Waals surface area contributed by atoms with Crippen LogP contribution in [-0.2, 0) is 20.0 Å². The summed E-state index contributed by atoms with van der Waals surface area (Å²) in [5.74, 6) is 0.369. The molecule has 3 aliphatic heterocycles. The van der Waals surface area contributed by atoms with Gasteiger partial charge in [-0.15, -0.1) is 4.40 Å². The first-order chi connectivity index (χ1) is 15.3. The van der Waals surface area contributed by atoms with E-state index in [9.17, 15) is 21.6 Å². The number of rotatable bonds is 2. The highest BCUT2D eigenvalue weighted by Gasteiger charge is 2.34. The van der Waals surface area contributed by atoms with Crippen LogP contribution in [0.3, 0.4) is 0 Å². The molecule has 9 nitrogen and oxygen atoms in total. The number of amidine groups is 1. The minimum atomic E-state index is -3.69. The van der Waals surface area contributed by atoms with E-state index in [0.29, 0.717) is 61.8 Å². The molecule has 2 aromatic rings. The Balaban J connectivity index is 1.31. The van der Waals surface area contributed by atoms with Crippen molar-refractivity contribution in [2.75, 3.05) is 42.8 Å². The molecule has 32 heavy (non-hydrogen) atoms. The number of anilines is 1. The Morgan fingerprint density at radius 1 is 0.875 bits per heavy atom. The second-order valence-electron chi connectivity index (χ2n) is 7.96. The summed E-state index contributed by atoms with van der Waals surface area (Å²) in [6, 6.07) is 13.5. The van der Waals surface area contributed by atoms with Crippen molar-refractivity contribution in [2.45, 2.75) is 11.3 Å². The molecule has 5 rings (SSSR count). The molecule has 0 radical (unpaired) electrons. The van der Waals surface area contributed by atoms with Crippen LogP contribution in [0.1, 0.15) is 22.3 Å². The first kappa shape index (κ1) is 21.0. The Labute approximate surface area is 187 Å². The molecular weight excluding hydrogens is 452 g/mol. The van der Waals surface area contributed by atoms with E-state index in [-0.39, 0.29) is 16.6 Å². The van der Waals surface area contributed by atoms with Gasteiger partial charge in [0.1, 0.15) is 4.90 Å². The summed E-state index contributed by atoms with van der Waals surface area (Å²) in [4.78, 5) is 16.9. The van der Waals surface area contributed by atoms with Crippen LogP contribution in [0.4, 0.5) is 5.69 Å². The highest BCUT2D eigenvalue weighted by atomic mass is 32.2. The molecule has 0 N–H and O–H groups in total. The second kappa shape index (κ2) is 7.59. The van der Waals surface area contributed by atoms with Gasteiger partial charge in [-0.1, -0.05) is 18.2 Å². The molecule has 2 aromatic carbocycles. The number of benzene rings is 2. The average Bonchev–Trinajstić information content (AvgIpc) is 3.29. The van der Waals surface area contributed by atoms with E-state index in [2.05, 4.69) is 4.40 Å². The van der Waals surface area contributed by atoms with Crippen LogP contribution in [0.15, 0.2) is 57.8 Å². The maximum absolute atomic E-state index is 13.1. The lowest BCUT2D eigenvalue weighted by atomic mass is 10.1. The zero-order chi connectivity index (χ0) is 22.5.